The lowest BCUT2D eigenvalue weighted by atomic mass is 10.1. The van der Waals surface area contributed by atoms with Crippen LogP contribution in [0, 0.1) is 0 Å². The van der Waals surface area contributed by atoms with Crippen molar-refractivity contribution in [2.75, 3.05) is 12.4 Å². The quantitative estimate of drug-likeness (QED) is 0.444. The summed E-state index contributed by atoms with van der Waals surface area (Å²) in [6, 6.07) is 10.3. The molecule has 0 aliphatic carbocycles. The predicted molar refractivity (Wildman–Crippen MR) is 140 cm³/mol. The maximum absolute atomic E-state index is 13.1. The van der Waals surface area contributed by atoms with Crippen molar-refractivity contribution in [1.29, 1.82) is 0 Å². The minimum Gasteiger partial charge on any atom is -0.408 e. The van der Waals surface area contributed by atoms with Gasteiger partial charge in [0.25, 0.3) is 5.91 Å². The fourth-order valence-electron chi connectivity index (χ4n) is 3.94. The Morgan fingerprint density at radius 2 is 1.78 bits per heavy atom. The number of nitrogens with zero attached hydrogens (tertiary/aromatic N) is 5. The zero-order valence-corrected chi connectivity index (χ0v) is 23.0. The Morgan fingerprint density at radius 1 is 1.11 bits per heavy atom. The number of anilines is 1. The molecule has 4 atom stereocenters. The molecule has 0 unspecified atom stereocenters. The number of nitrogens with one attached hydrogen (secondary N) is 1. The molecule has 3 aromatic rings. The number of amides is 1. The Morgan fingerprint density at radius 3 is 2.38 bits per heavy atom. The zero-order chi connectivity index (χ0) is 26.8. The van der Waals surface area contributed by atoms with Crippen LogP contribution in [0.25, 0.3) is 0 Å². The van der Waals surface area contributed by atoms with E-state index in [0.717, 1.165) is 0 Å². The summed E-state index contributed by atoms with van der Waals surface area (Å²) in [6.45, 7) is 11.1. The number of methoxy groups -OCH3 is 1. The first-order valence-corrected chi connectivity index (χ1v) is 15.1. The van der Waals surface area contributed by atoms with Gasteiger partial charge in [-0.1, -0.05) is 39.0 Å². The van der Waals surface area contributed by atoms with Crippen LogP contribution in [0.1, 0.15) is 37.4 Å². The number of hydrogen-bond acceptors (Lipinski definition) is 8. The van der Waals surface area contributed by atoms with Crippen LogP contribution in [0.2, 0.25) is 18.1 Å². The van der Waals surface area contributed by atoms with Crippen molar-refractivity contribution in [2.45, 2.75) is 70.0 Å². The number of rotatable bonds is 8. The molecule has 1 aliphatic rings. The van der Waals surface area contributed by atoms with E-state index in [9.17, 15) is 9.59 Å². The van der Waals surface area contributed by atoms with E-state index < -0.39 is 38.5 Å². The number of benzene rings is 1. The number of hydrogen-bond donors (Lipinski definition) is 1. The number of ether oxygens (including phenoxy) is 2. The van der Waals surface area contributed by atoms with Gasteiger partial charge >= 0.3 is 5.69 Å². The van der Waals surface area contributed by atoms with Crippen LogP contribution in [-0.4, -0.2) is 64.2 Å². The van der Waals surface area contributed by atoms with Gasteiger partial charge in [0.05, 0.1) is 18.9 Å². The Balaban J connectivity index is 1.61. The fraction of sp³-hybridized carbons (Fsp3) is 0.480. The normalized spacial score (nSPS) is 22.2. The van der Waals surface area contributed by atoms with Crippen molar-refractivity contribution in [2.24, 2.45) is 0 Å². The van der Waals surface area contributed by atoms with Gasteiger partial charge in [0.2, 0.25) is 0 Å². The lowest BCUT2D eigenvalue weighted by Crippen LogP contribution is -2.50. The molecular formula is C25H34N6O5Si. The average molecular weight is 527 g/mol. The fourth-order valence-corrected chi connectivity index (χ4v) is 5.26. The van der Waals surface area contributed by atoms with Crippen LogP contribution in [0.5, 0.6) is 0 Å². The third kappa shape index (κ3) is 5.87. The van der Waals surface area contributed by atoms with E-state index >= 15 is 0 Å². The summed E-state index contributed by atoms with van der Waals surface area (Å²) in [4.78, 5) is 31.2. The topological polar surface area (TPSA) is 122 Å². The molecule has 1 fully saturated rings. The van der Waals surface area contributed by atoms with Crippen molar-refractivity contribution in [3.05, 3.63) is 71.0 Å². The second-order valence-corrected chi connectivity index (χ2v) is 15.3. The molecule has 1 amide bonds. The summed E-state index contributed by atoms with van der Waals surface area (Å²) >= 11 is 0. The minimum atomic E-state index is -2.24. The van der Waals surface area contributed by atoms with Crippen LogP contribution in [0.3, 0.4) is 0 Å². The first-order valence-electron chi connectivity index (χ1n) is 12.2. The van der Waals surface area contributed by atoms with Gasteiger partial charge in [0, 0.05) is 18.9 Å². The number of carbonyl (C=O) groups is 1. The summed E-state index contributed by atoms with van der Waals surface area (Å²) in [7, 11) is -0.661. The Kier molecular flexibility index (Phi) is 7.74. The Bertz CT molecular complexity index is 1260. The third-order valence-corrected chi connectivity index (χ3v) is 11.5. The number of carbonyl (C=O) groups excluding carboxylic acids is 1. The van der Waals surface area contributed by atoms with E-state index in [-0.39, 0.29) is 16.8 Å². The van der Waals surface area contributed by atoms with E-state index in [1.165, 1.54) is 9.36 Å². The molecule has 1 aliphatic heterocycles. The molecule has 0 saturated carbocycles. The molecule has 4 rings (SSSR count). The van der Waals surface area contributed by atoms with Gasteiger partial charge in [-0.25, -0.2) is 4.79 Å². The van der Waals surface area contributed by atoms with E-state index in [1.807, 2.05) is 6.07 Å². The van der Waals surface area contributed by atoms with Gasteiger partial charge in [-0.2, -0.15) is 20.0 Å². The smallest absolute Gasteiger partial charge is 0.351 e. The molecule has 37 heavy (non-hydrogen) atoms. The second-order valence-electron chi connectivity index (χ2n) is 10.5. The molecule has 1 aromatic carbocycles. The Labute approximate surface area is 216 Å². The van der Waals surface area contributed by atoms with Gasteiger partial charge in [-0.05, 0) is 36.3 Å². The van der Waals surface area contributed by atoms with E-state index in [0.29, 0.717) is 12.1 Å². The highest BCUT2D eigenvalue weighted by atomic mass is 28.4. The standard InChI is InChI=1S/C25H34N6O5Si/c1-25(2,3)37(5,6)36-20-18(16-31-26-13-14-27-31)35-23(21(20)34-4)30-15-12-19(29-24(30)33)28-22(32)17-10-8-7-9-11-17/h7-15,18,20-21,23H,16H2,1-6H3,(H,28,29,32,33)/t18-,20-,21-,23-/m1/s1. The molecule has 0 bridgehead atoms. The van der Waals surface area contributed by atoms with Gasteiger partial charge in [-0.15, -0.1) is 0 Å². The largest absolute Gasteiger partial charge is 0.408 e. The summed E-state index contributed by atoms with van der Waals surface area (Å²) in [6.07, 6.45) is 2.43. The number of aromatic nitrogens is 5. The first kappa shape index (κ1) is 26.9. The highest BCUT2D eigenvalue weighted by Gasteiger charge is 2.51. The average Bonchev–Trinajstić information content (AvgIpc) is 3.47. The summed E-state index contributed by atoms with van der Waals surface area (Å²) in [5.74, 6) is -0.208. The SMILES string of the molecule is CO[C@@H]1[C@H](O[Si](C)(C)C(C)(C)C)[C@@H](Cn2nccn2)O[C@H]1n1ccc(NC(=O)c2ccccc2)nc1=O. The molecule has 0 radical (unpaired) electrons. The second kappa shape index (κ2) is 10.7. The van der Waals surface area contributed by atoms with Crippen LogP contribution in [0.4, 0.5) is 5.82 Å². The maximum atomic E-state index is 13.1. The molecule has 198 valence electrons. The molecule has 3 heterocycles. The van der Waals surface area contributed by atoms with Crippen LogP contribution in [-0.2, 0) is 20.4 Å². The van der Waals surface area contributed by atoms with Crippen LogP contribution >= 0.6 is 0 Å². The molecule has 1 saturated heterocycles. The van der Waals surface area contributed by atoms with Crippen molar-refractivity contribution in [1.82, 2.24) is 24.5 Å². The highest BCUT2D eigenvalue weighted by molar-refractivity contribution is 6.74. The minimum absolute atomic E-state index is 0.0467. The lowest BCUT2D eigenvalue weighted by Gasteiger charge is -2.40. The first-order chi connectivity index (χ1) is 17.5. The van der Waals surface area contributed by atoms with Crippen molar-refractivity contribution >= 4 is 20.0 Å². The van der Waals surface area contributed by atoms with Crippen molar-refractivity contribution in [3.8, 4) is 0 Å². The van der Waals surface area contributed by atoms with E-state index in [1.54, 1.807) is 56.0 Å². The highest BCUT2D eigenvalue weighted by Crippen LogP contribution is 2.42. The molecule has 0 spiro atoms. The molecule has 11 nitrogen and oxygen atoms in total. The summed E-state index contributed by atoms with van der Waals surface area (Å²) in [5.41, 5.74) is -0.116. The zero-order valence-electron chi connectivity index (χ0n) is 22.0. The third-order valence-electron chi connectivity index (χ3n) is 6.99. The summed E-state index contributed by atoms with van der Waals surface area (Å²) in [5, 5.41) is 11.0. The van der Waals surface area contributed by atoms with Crippen molar-refractivity contribution in [3.63, 3.8) is 0 Å². The monoisotopic (exact) mass is 526 g/mol. The van der Waals surface area contributed by atoms with Crippen molar-refractivity contribution < 1.29 is 18.7 Å². The molecule has 1 N–H and O–H groups in total. The van der Waals surface area contributed by atoms with Crippen LogP contribution < -0.4 is 11.0 Å². The van der Waals surface area contributed by atoms with E-state index in [2.05, 4.69) is 54.4 Å². The van der Waals surface area contributed by atoms with Gasteiger partial charge in [0.15, 0.2) is 14.5 Å². The van der Waals surface area contributed by atoms with Crippen LogP contribution in [0.15, 0.2) is 59.8 Å². The van der Waals surface area contributed by atoms with Gasteiger partial charge in [-0.3, -0.25) is 9.36 Å². The van der Waals surface area contributed by atoms with E-state index in [4.69, 9.17) is 13.9 Å². The predicted octanol–water partition coefficient (Wildman–Crippen LogP) is 3.09. The molecule has 12 heteroatoms. The van der Waals surface area contributed by atoms with Gasteiger partial charge in [0.1, 0.15) is 24.1 Å². The molecule has 2 aromatic heterocycles. The maximum Gasteiger partial charge on any atom is 0.351 e. The van der Waals surface area contributed by atoms with Gasteiger partial charge < -0.3 is 19.2 Å². The Hall–Kier alpha value is -3.19. The molecular weight excluding hydrogens is 492 g/mol. The lowest BCUT2D eigenvalue weighted by molar-refractivity contribution is -0.0569. The summed E-state index contributed by atoms with van der Waals surface area (Å²) < 4.78 is 20.4.